The van der Waals surface area contributed by atoms with Crippen LogP contribution in [0.15, 0.2) is 18.2 Å². The van der Waals surface area contributed by atoms with E-state index in [1.807, 2.05) is 0 Å². The van der Waals surface area contributed by atoms with Crippen LogP contribution in [0.2, 0.25) is 0 Å². The third-order valence-electron chi connectivity index (χ3n) is 4.79. The van der Waals surface area contributed by atoms with Gasteiger partial charge in [0, 0.05) is 24.2 Å². The minimum atomic E-state index is -0.387. The monoisotopic (exact) mass is 296 g/mol. The van der Waals surface area contributed by atoms with Gasteiger partial charge in [-0.15, -0.1) is 0 Å². The van der Waals surface area contributed by atoms with Gasteiger partial charge in [-0.3, -0.25) is 0 Å². The molecule has 2 unspecified atom stereocenters. The molecule has 2 rings (SSSR count). The molecule has 2 nitrogen and oxygen atoms in total. The maximum Gasteiger partial charge on any atom is 0.127 e. The highest BCUT2D eigenvalue weighted by Crippen LogP contribution is 2.35. The van der Waals surface area contributed by atoms with E-state index in [2.05, 4.69) is 31.2 Å². The highest BCUT2D eigenvalue weighted by Gasteiger charge is 2.36. The molecule has 0 bridgehead atoms. The van der Waals surface area contributed by atoms with Crippen LogP contribution in [0.1, 0.15) is 38.2 Å². The van der Waals surface area contributed by atoms with Crippen LogP contribution in [-0.4, -0.2) is 31.1 Å². The molecule has 0 radical (unpaired) electrons. The van der Waals surface area contributed by atoms with E-state index in [0.29, 0.717) is 18.0 Å². The fourth-order valence-corrected chi connectivity index (χ4v) is 3.47. The first-order valence-corrected chi connectivity index (χ1v) is 7.75. The van der Waals surface area contributed by atoms with Crippen LogP contribution in [0, 0.1) is 17.6 Å². The highest BCUT2D eigenvalue weighted by molar-refractivity contribution is 5.18. The van der Waals surface area contributed by atoms with E-state index in [-0.39, 0.29) is 17.2 Å². The molecule has 0 saturated heterocycles. The van der Waals surface area contributed by atoms with Crippen molar-refractivity contribution in [1.82, 2.24) is 10.2 Å². The van der Waals surface area contributed by atoms with Gasteiger partial charge in [0.25, 0.3) is 0 Å². The van der Waals surface area contributed by atoms with Gasteiger partial charge in [-0.2, -0.15) is 0 Å². The molecule has 1 aromatic carbocycles. The van der Waals surface area contributed by atoms with Crippen molar-refractivity contribution in [3.05, 3.63) is 35.4 Å². The molecular weight excluding hydrogens is 270 g/mol. The molecule has 1 saturated carbocycles. The van der Waals surface area contributed by atoms with Gasteiger partial charge in [0.1, 0.15) is 11.6 Å². The van der Waals surface area contributed by atoms with Crippen LogP contribution in [0.4, 0.5) is 8.78 Å². The third kappa shape index (κ3) is 4.01. The van der Waals surface area contributed by atoms with Crippen molar-refractivity contribution < 1.29 is 8.78 Å². The molecule has 1 aliphatic rings. The molecule has 118 valence electrons. The number of hydrogen-bond donors (Lipinski definition) is 1. The van der Waals surface area contributed by atoms with E-state index in [4.69, 9.17) is 0 Å². The second-order valence-electron chi connectivity index (χ2n) is 6.66. The topological polar surface area (TPSA) is 15.3 Å². The molecule has 0 aromatic heterocycles. The van der Waals surface area contributed by atoms with Gasteiger partial charge >= 0.3 is 0 Å². The van der Waals surface area contributed by atoms with Crippen molar-refractivity contribution in [1.29, 1.82) is 0 Å². The predicted octanol–water partition coefficient (Wildman–Crippen LogP) is 3.56. The Balaban J connectivity index is 1.98. The molecular formula is C17H26F2N2. The lowest BCUT2D eigenvalue weighted by Crippen LogP contribution is -2.54. The van der Waals surface area contributed by atoms with Gasteiger partial charge < -0.3 is 10.2 Å². The van der Waals surface area contributed by atoms with Crippen molar-refractivity contribution >= 4 is 0 Å². The average molecular weight is 296 g/mol. The van der Waals surface area contributed by atoms with E-state index >= 15 is 0 Å². The zero-order valence-corrected chi connectivity index (χ0v) is 13.3. The third-order valence-corrected chi connectivity index (χ3v) is 4.79. The summed E-state index contributed by atoms with van der Waals surface area (Å²) in [5, 5.41) is 3.33. The molecule has 1 aromatic rings. The summed E-state index contributed by atoms with van der Waals surface area (Å²) >= 11 is 0. The largest absolute Gasteiger partial charge is 0.311 e. The van der Waals surface area contributed by atoms with Gasteiger partial charge in [0.15, 0.2) is 0 Å². The summed E-state index contributed by atoms with van der Waals surface area (Å²) in [6.07, 6.45) is 4.82. The van der Waals surface area contributed by atoms with E-state index in [9.17, 15) is 8.78 Å². The first-order chi connectivity index (χ1) is 9.93. The Bertz CT molecular complexity index is 476. The molecule has 1 fully saturated rings. The van der Waals surface area contributed by atoms with Gasteiger partial charge in [-0.05, 0) is 51.1 Å². The average Bonchev–Trinajstić information content (AvgIpc) is 2.42. The summed E-state index contributed by atoms with van der Waals surface area (Å²) in [6, 6.07) is 3.62. The summed E-state index contributed by atoms with van der Waals surface area (Å²) in [5.74, 6) is -0.0181. The SMILES string of the molecule is CC1CCCC(CNCc2cc(F)ccc2F)(N(C)C)C1. The fourth-order valence-electron chi connectivity index (χ4n) is 3.47. The number of rotatable bonds is 5. The minimum Gasteiger partial charge on any atom is -0.311 e. The quantitative estimate of drug-likeness (QED) is 0.893. The van der Waals surface area contributed by atoms with Crippen molar-refractivity contribution in [2.75, 3.05) is 20.6 Å². The van der Waals surface area contributed by atoms with Crippen molar-refractivity contribution in [3.8, 4) is 0 Å². The molecule has 1 aliphatic carbocycles. The normalized spacial score (nSPS) is 26.3. The number of nitrogens with zero attached hydrogens (tertiary/aromatic N) is 1. The summed E-state index contributed by atoms with van der Waals surface area (Å²) in [5.41, 5.74) is 0.523. The standard InChI is InChI=1S/C17H26F2N2/c1-13-5-4-8-17(10-13,21(2)3)12-20-11-14-9-15(18)6-7-16(14)19/h6-7,9,13,20H,4-5,8,10-12H2,1-3H3. The Morgan fingerprint density at radius 3 is 2.76 bits per heavy atom. The first-order valence-electron chi connectivity index (χ1n) is 7.75. The van der Waals surface area contributed by atoms with Crippen LogP contribution in [0.25, 0.3) is 0 Å². The van der Waals surface area contributed by atoms with Gasteiger partial charge in [-0.25, -0.2) is 8.78 Å². The summed E-state index contributed by atoms with van der Waals surface area (Å²) < 4.78 is 26.8. The lowest BCUT2D eigenvalue weighted by Gasteiger charge is -2.45. The zero-order chi connectivity index (χ0) is 15.5. The lowest BCUT2D eigenvalue weighted by atomic mass is 9.75. The Hall–Kier alpha value is -1.00. The van der Waals surface area contributed by atoms with Crippen LogP contribution in [-0.2, 0) is 6.54 Å². The van der Waals surface area contributed by atoms with E-state index in [0.717, 1.165) is 25.5 Å². The number of likely N-dealkylation sites (N-methyl/N-ethyl adjacent to an activating group) is 1. The van der Waals surface area contributed by atoms with Crippen LogP contribution < -0.4 is 5.32 Å². The number of nitrogens with one attached hydrogen (secondary N) is 1. The Kier molecular flexibility index (Phi) is 5.33. The number of halogens is 2. The smallest absolute Gasteiger partial charge is 0.127 e. The van der Waals surface area contributed by atoms with E-state index in [1.54, 1.807) is 0 Å². The molecule has 0 spiro atoms. The number of hydrogen-bond acceptors (Lipinski definition) is 2. The molecule has 0 heterocycles. The van der Waals surface area contributed by atoms with Crippen molar-refractivity contribution in [2.45, 2.75) is 44.7 Å². The van der Waals surface area contributed by atoms with Crippen molar-refractivity contribution in [2.24, 2.45) is 5.92 Å². The molecule has 21 heavy (non-hydrogen) atoms. The van der Waals surface area contributed by atoms with Crippen LogP contribution in [0.3, 0.4) is 0 Å². The molecule has 2 atom stereocenters. The predicted molar refractivity (Wildman–Crippen MR) is 82.1 cm³/mol. The maximum atomic E-state index is 13.6. The Labute approximate surface area is 126 Å². The van der Waals surface area contributed by atoms with Crippen molar-refractivity contribution in [3.63, 3.8) is 0 Å². The van der Waals surface area contributed by atoms with Gasteiger partial charge in [0.2, 0.25) is 0 Å². The number of benzene rings is 1. The Morgan fingerprint density at radius 1 is 1.33 bits per heavy atom. The van der Waals surface area contributed by atoms with Crippen LogP contribution >= 0.6 is 0 Å². The van der Waals surface area contributed by atoms with E-state index in [1.165, 1.54) is 25.0 Å². The van der Waals surface area contributed by atoms with E-state index < -0.39 is 0 Å². The van der Waals surface area contributed by atoms with Crippen LogP contribution in [0.5, 0.6) is 0 Å². The molecule has 0 amide bonds. The summed E-state index contributed by atoms with van der Waals surface area (Å²) in [4.78, 5) is 2.29. The minimum absolute atomic E-state index is 0.126. The van der Waals surface area contributed by atoms with Gasteiger partial charge in [-0.1, -0.05) is 19.8 Å². The summed E-state index contributed by atoms with van der Waals surface area (Å²) in [7, 11) is 4.23. The second-order valence-corrected chi connectivity index (χ2v) is 6.66. The highest BCUT2D eigenvalue weighted by atomic mass is 19.1. The Morgan fingerprint density at radius 2 is 2.10 bits per heavy atom. The zero-order valence-electron chi connectivity index (χ0n) is 13.3. The molecule has 1 N–H and O–H groups in total. The maximum absolute atomic E-state index is 13.6. The fraction of sp³-hybridized carbons (Fsp3) is 0.647. The molecule has 0 aliphatic heterocycles. The second kappa shape index (κ2) is 6.84. The van der Waals surface area contributed by atoms with Gasteiger partial charge in [0.05, 0.1) is 0 Å². The summed E-state index contributed by atoms with van der Waals surface area (Å²) in [6.45, 7) is 3.47. The first kappa shape index (κ1) is 16.4. The molecule has 4 heteroatoms. The lowest BCUT2D eigenvalue weighted by molar-refractivity contribution is 0.0749.